The molecule has 2 rings (SSSR count). The monoisotopic (exact) mass is 307 g/mol. The molecule has 0 saturated carbocycles. The van der Waals surface area contributed by atoms with Crippen molar-refractivity contribution >= 4 is 17.8 Å². The summed E-state index contributed by atoms with van der Waals surface area (Å²) in [6.07, 6.45) is 0.969. The Labute approximate surface area is 128 Å². The molecule has 6 heteroatoms. The number of nitriles is 1. The first-order chi connectivity index (χ1) is 10.1. The number of amides is 2. The number of thioether (sulfide) groups is 1. The van der Waals surface area contributed by atoms with E-state index < -0.39 is 5.82 Å². The van der Waals surface area contributed by atoms with Crippen molar-refractivity contribution in [3.05, 3.63) is 35.1 Å². The van der Waals surface area contributed by atoms with Gasteiger partial charge in [0.05, 0.1) is 11.6 Å². The first kappa shape index (κ1) is 15.6. The van der Waals surface area contributed by atoms with Crippen LogP contribution in [0.1, 0.15) is 24.5 Å². The molecule has 1 N–H and O–H groups in total. The van der Waals surface area contributed by atoms with Crippen molar-refractivity contribution in [3.8, 4) is 6.07 Å². The fourth-order valence-electron chi connectivity index (χ4n) is 2.25. The molecule has 1 heterocycles. The Balaban J connectivity index is 1.99. The molecule has 21 heavy (non-hydrogen) atoms. The van der Waals surface area contributed by atoms with Gasteiger partial charge in [-0.2, -0.15) is 17.0 Å². The largest absolute Gasteiger partial charge is 0.334 e. The minimum Gasteiger partial charge on any atom is -0.334 e. The topological polar surface area (TPSA) is 56.1 Å². The van der Waals surface area contributed by atoms with Gasteiger partial charge in [-0.1, -0.05) is 0 Å². The fourth-order valence-corrected chi connectivity index (χ4v) is 3.29. The molecule has 1 aliphatic heterocycles. The van der Waals surface area contributed by atoms with Gasteiger partial charge in [0.15, 0.2) is 0 Å². The molecule has 1 fully saturated rings. The molecule has 1 aliphatic rings. The molecule has 1 unspecified atom stereocenters. The molecular formula is C15H18FN3OS. The van der Waals surface area contributed by atoms with Crippen LogP contribution in [0.4, 0.5) is 9.18 Å². The van der Waals surface area contributed by atoms with E-state index in [9.17, 15) is 9.18 Å². The maximum atomic E-state index is 13.7. The lowest BCUT2D eigenvalue weighted by atomic mass is 10.1. The molecule has 1 atom stereocenters. The summed E-state index contributed by atoms with van der Waals surface area (Å²) in [6, 6.07) is 6.13. The van der Waals surface area contributed by atoms with E-state index in [2.05, 4.69) is 5.32 Å². The summed E-state index contributed by atoms with van der Waals surface area (Å²) in [7, 11) is 0. The predicted octanol–water partition coefficient (Wildman–Crippen LogP) is 2.73. The molecule has 1 aromatic carbocycles. The molecule has 0 radical (unpaired) electrons. The SMILES string of the molecule is CC1CCSCCN1C(=O)NCc1cc(C#N)ccc1F. The van der Waals surface area contributed by atoms with Crippen molar-refractivity contribution in [1.29, 1.82) is 5.26 Å². The van der Waals surface area contributed by atoms with E-state index in [-0.39, 0.29) is 18.6 Å². The number of urea groups is 1. The van der Waals surface area contributed by atoms with Crippen LogP contribution in [-0.4, -0.2) is 35.0 Å². The van der Waals surface area contributed by atoms with Gasteiger partial charge in [0.1, 0.15) is 5.82 Å². The van der Waals surface area contributed by atoms with E-state index in [1.54, 1.807) is 4.90 Å². The van der Waals surface area contributed by atoms with Crippen molar-refractivity contribution in [1.82, 2.24) is 10.2 Å². The number of nitrogens with one attached hydrogen (secondary N) is 1. The van der Waals surface area contributed by atoms with Crippen LogP contribution in [0.25, 0.3) is 0 Å². The quantitative estimate of drug-likeness (QED) is 0.914. The number of benzene rings is 1. The molecule has 1 saturated heterocycles. The lowest BCUT2D eigenvalue weighted by molar-refractivity contribution is 0.182. The van der Waals surface area contributed by atoms with Crippen molar-refractivity contribution in [2.24, 2.45) is 0 Å². The molecule has 4 nitrogen and oxygen atoms in total. The van der Waals surface area contributed by atoms with Crippen LogP contribution in [0, 0.1) is 17.1 Å². The second-order valence-electron chi connectivity index (χ2n) is 5.02. The minimum atomic E-state index is -0.409. The Kier molecular flexibility index (Phi) is 5.45. The van der Waals surface area contributed by atoms with Gasteiger partial charge in [0.25, 0.3) is 0 Å². The van der Waals surface area contributed by atoms with E-state index >= 15 is 0 Å². The Bertz CT molecular complexity index is 558. The van der Waals surface area contributed by atoms with Crippen LogP contribution in [0.15, 0.2) is 18.2 Å². The molecule has 0 spiro atoms. The molecule has 0 aromatic heterocycles. The normalized spacial score (nSPS) is 18.7. The summed E-state index contributed by atoms with van der Waals surface area (Å²) in [5.41, 5.74) is 0.722. The van der Waals surface area contributed by atoms with Gasteiger partial charge in [-0.3, -0.25) is 0 Å². The van der Waals surface area contributed by atoms with Crippen LogP contribution >= 0.6 is 11.8 Å². The maximum absolute atomic E-state index is 13.7. The number of halogens is 1. The van der Waals surface area contributed by atoms with Gasteiger partial charge >= 0.3 is 6.03 Å². The smallest absolute Gasteiger partial charge is 0.317 e. The average Bonchev–Trinajstić information content (AvgIpc) is 2.70. The highest BCUT2D eigenvalue weighted by molar-refractivity contribution is 7.99. The second kappa shape index (κ2) is 7.32. The van der Waals surface area contributed by atoms with Crippen molar-refractivity contribution in [2.75, 3.05) is 18.1 Å². The summed E-state index contributed by atoms with van der Waals surface area (Å²) >= 11 is 1.84. The van der Waals surface area contributed by atoms with Crippen molar-refractivity contribution in [3.63, 3.8) is 0 Å². The molecule has 2 amide bonds. The van der Waals surface area contributed by atoms with Gasteiger partial charge in [0.2, 0.25) is 0 Å². The minimum absolute atomic E-state index is 0.0938. The number of hydrogen-bond acceptors (Lipinski definition) is 3. The molecule has 112 valence electrons. The first-order valence-corrected chi connectivity index (χ1v) is 8.08. The highest BCUT2D eigenvalue weighted by atomic mass is 32.2. The summed E-state index contributed by atoms with van der Waals surface area (Å²) < 4.78 is 13.7. The average molecular weight is 307 g/mol. The standard InChI is InChI=1S/C15H18FN3OS/c1-11-4-6-21-7-5-19(11)15(20)18-10-13-8-12(9-17)2-3-14(13)16/h2-3,8,11H,4-7,10H2,1H3,(H,18,20). The van der Waals surface area contributed by atoms with Crippen LogP contribution in [-0.2, 0) is 6.54 Å². The summed E-state index contributed by atoms with van der Waals surface area (Å²) in [6.45, 7) is 2.83. The lowest BCUT2D eigenvalue weighted by Gasteiger charge is -2.27. The summed E-state index contributed by atoms with van der Waals surface area (Å²) in [5.74, 6) is 1.58. The molecule has 0 aliphatic carbocycles. The first-order valence-electron chi connectivity index (χ1n) is 6.92. The van der Waals surface area contributed by atoms with Crippen molar-refractivity contribution < 1.29 is 9.18 Å². The number of carbonyl (C=O) groups is 1. The zero-order valence-corrected chi connectivity index (χ0v) is 12.8. The van der Waals surface area contributed by atoms with Gasteiger partial charge in [-0.15, -0.1) is 0 Å². The van der Waals surface area contributed by atoms with E-state index in [1.807, 2.05) is 24.8 Å². The number of hydrogen-bond donors (Lipinski definition) is 1. The third-order valence-corrected chi connectivity index (χ3v) is 4.55. The van der Waals surface area contributed by atoms with E-state index in [0.29, 0.717) is 17.7 Å². The summed E-state index contributed by atoms with van der Waals surface area (Å²) in [5, 5.41) is 11.6. The van der Waals surface area contributed by atoms with Crippen molar-refractivity contribution in [2.45, 2.75) is 25.9 Å². The Morgan fingerprint density at radius 2 is 2.38 bits per heavy atom. The van der Waals surface area contributed by atoms with Crippen LogP contribution < -0.4 is 5.32 Å². The van der Waals surface area contributed by atoms with Gasteiger partial charge in [-0.05, 0) is 37.3 Å². The molecular weight excluding hydrogens is 289 g/mol. The maximum Gasteiger partial charge on any atom is 0.317 e. The number of nitrogens with zero attached hydrogens (tertiary/aromatic N) is 2. The summed E-state index contributed by atoms with van der Waals surface area (Å²) in [4.78, 5) is 14.0. The van der Waals surface area contributed by atoms with E-state index in [0.717, 1.165) is 17.9 Å². The molecule has 0 bridgehead atoms. The number of carbonyl (C=O) groups excluding carboxylic acids is 1. The number of rotatable bonds is 2. The lowest BCUT2D eigenvalue weighted by Crippen LogP contribution is -2.45. The van der Waals surface area contributed by atoms with Crippen LogP contribution in [0.2, 0.25) is 0 Å². The van der Waals surface area contributed by atoms with Crippen LogP contribution in [0.5, 0.6) is 0 Å². The predicted molar refractivity (Wildman–Crippen MR) is 81.5 cm³/mol. The zero-order valence-electron chi connectivity index (χ0n) is 11.9. The fraction of sp³-hybridized carbons (Fsp3) is 0.467. The van der Waals surface area contributed by atoms with Crippen LogP contribution in [0.3, 0.4) is 0 Å². The Morgan fingerprint density at radius 3 is 3.14 bits per heavy atom. The highest BCUT2D eigenvalue weighted by Gasteiger charge is 2.22. The Hall–Kier alpha value is -1.74. The zero-order chi connectivity index (χ0) is 15.2. The Morgan fingerprint density at radius 1 is 1.57 bits per heavy atom. The second-order valence-corrected chi connectivity index (χ2v) is 6.24. The highest BCUT2D eigenvalue weighted by Crippen LogP contribution is 2.16. The van der Waals surface area contributed by atoms with E-state index in [1.165, 1.54) is 18.2 Å². The van der Waals surface area contributed by atoms with Gasteiger partial charge < -0.3 is 10.2 Å². The van der Waals surface area contributed by atoms with Gasteiger partial charge in [0, 0.05) is 30.4 Å². The molecule has 1 aromatic rings. The third kappa shape index (κ3) is 4.11. The third-order valence-electron chi connectivity index (χ3n) is 3.55. The van der Waals surface area contributed by atoms with Gasteiger partial charge in [-0.25, -0.2) is 9.18 Å². The van der Waals surface area contributed by atoms with E-state index in [4.69, 9.17) is 5.26 Å².